The summed E-state index contributed by atoms with van der Waals surface area (Å²) in [7, 11) is 0. The summed E-state index contributed by atoms with van der Waals surface area (Å²) in [5, 5.41) is 1.09. The van der Waals surface area contributed by atoms with Gasteiger partial charge in [-0.3, -0.25) is 14.7 Å². The summed E-state index contributed by atoms with van der Waals surface area (Å²) in [6.07, 6.45) is 6.48. The number of para-hydroxylation sites is 1. The molecule has 4 nitrogen and oxygen atoms in total. The van der Waals surface area contributed by atoms with Crippen molar-refractivity contribution < 1.29 is 4.79 Å². The molecular formula is C19H15N3O. The van der Waals surface area contributed by atoms with Crippen LogP contribution in [0, 0.1) is 0 Å². The van der Waals surface area contributed by atoms with Crippen molar-refractivity contribution in [2.24, 2.45) is 0 Å². The molecule has 1 amide bonds. The highest BCUT2D eigenvalue weighted by atomic mass is 16.2. The fraction of sp³-hybridized carbons (Fsp3) is 0.211. The molecule has 0 atom stereocenters. The lowest BCUT2D eigenvalue weighted by atomic mass is 9.64. The number of benzene rings is 1. The van der Waals surface area contributed by atoms with Gasteiger partial charge in [0.25, 0.3) is 0 Å². The van der Waals surface area contributed by atoms with Crippen LogP contribution in [0.3, 0.4) is 0 Å². The van der Waals surface area contributed by atoms with Crippen molar-refractivity contribution >= 4 is 28.3 Å². The third-order valence-electron chi connectivity index (χ3n) is 5.17. The zero-order chi connectivity index (χ0) is 15.4. The highest BCUT2D eigenvalue weighted by Gasteiger charge is 2.56. The summed E-state index contributed by atoms with van der Waals surface area (Å²) in [6.45, 7) is 0. The van der Waals surface area contributed by atoms with Crippen LogP contribution in [-0.2, 0) is 10.2 Å². The second-order valence-corrected chi connectivity index (χ2v) is 6.30. The van der Waals surface area contributed by atoms with Crippen molar-refractivity contribution in [3.05, 3.63) is 60.4 Å². The highest BCUT2D eigenvalue weighted by Crippen LogP contribution is 2.56. The van der Waals surface area contributed by atoms with Crippen LogP contribution in [-0.4, -0.2) is 15.9 Å². The Morgan fingerprint density at radius 1 is 1.00 bits per heavy atom. The number of fused-ring (bicyclic) bond motifs is 4. The van der Waals surface area contributed by atoms with E-state index in [1.165, 1.54) is 0 Å². The normalized spacial score (nSPS) is 18.3. The van der Waals surface area contributed by atoms with Crippen LogP contribution in [0.25, 0.3) is 10.9 Å². The third-order valence-corrected chi connectivity index (χ3v) is 5.17. The van der Waals surface area contributed by atoms with Crippen LogP contribution < -0.4 is 4.90 Å². The summed E-state index contributed by atoms with van der Waals surface area (Å²) in [5.74, 6) is 0.829. The highest BCUT2D eigenvalue weighted by molar-refractivity contribution is 6.16. The predicted octanol–water partition coefficient (Wildman–Crippen LogP) is 3.73. The monoisotopic (exact) mass is 301 g/mol. The van der Waals surface area contributed by atoms with Crippen molar-refractivity contribution in [3.63, 3.8) is 0 Å². The van der Waals surface area contributed by atoms with E-state index < -0.39 is 0 Å². The molecule has 2 aromatic heterocycles. The van der Waals surface area contributed by atoms with Crippen LogP contribution >= 0.6 is 0 Å². The summed E-state index contributed by atoms with van der Waals surface area (Å²) in [6, 6.07) is 13.8. The molecule has 2 aliphatic rings. The molecule has 0 unspecified atom stereocenters. The third kappa shape index (κ3) is 1.53. The zero-order valence-corrected chi connectivity index (χ0v) is 12.6. The maximum absolute atomic E-state index is 13.3. The lowest BCUT2D eigenvalue weighted by Gasteiger charge is -2.37. The molecule has 4 heteroatoms. The number of hydrogen-bond acceptors (Lipinski definition) is 3. The minimum Gasteiger partial charge on any atom is -0.273 e. The van der Waals surface area contributed by atoms with Crippen LogP contribution in [0.4, 0.5) is 11.5 Å². The SMILES string of the molecule is O=C1N(c2ccccn2)c2cnc3ccccc3c2C12CCC2. The summed E-state index contributed by atoms with van der Waals surface area (Å²) >= 11 is 0. The molecule has 0 N–H and O–H groups in total. The Labute approximate surface area is 133 Å². The molecule has 1 aliphatic carbocycles. The Balaban J connectivity index is 1.84. The van der Waals surface area contributed by atoms with E-state index in [1.807, 2.05) is 42.6 Å². The first-order valence-corrected chi connectivity index (χ1v) is 7.95. The molecule has 1 fully saturated rings. The standard InChI is InChI=1S/C19H15N3O/c23-18-19(9-5-10-19)17-13-6-1-2-7-14(13)21-12-15(17)22(18)16-8-3-4-11-20-16/h1-4,6-8,11-12H,5,9-10H2. The van der Waals surface area contributed by atoms with Crippen LogP contribution in [0.15, 0.2) is 54.9 Å². The van der Waals surface area contributed by atoms with E-state index in [1.54, 1.807) is 11.1 Å². The molecular weight excluding hydrogens is 286 g/mol. The van der Waals surface area contributed by atoms with E-state index in [0.29, 0.717) is 5.82 Å². The van der Waals surface area contributed by atoms with Gasteiger partial charge >= 0.3 is 0 Å². The number of carbonyl (C=O) groups is 1. The number of aromatic nitrogens is 2. The Bertz CT molecular complexity index is 932. The lowest BCUT2D eigenvalue weighted by Crippen LogP contribution is -2.43. The summed E-state index contributed by atoms with van der Waals surface area (Å²) in [4.78, 5) is 24.0. The number of anilines is 2. The fourth-order valence-electron chi connectivity index (χ4n) is 3.94. The molecule has 3 aromatic rings. The predicted molar refractivity (Wildman–Crippen MR) is 88.7 cm³/mol. The van der Waals surface area contributed by atoms with Crippen LogP contribution in [0.5, 0.6) is 0 Å². The Hall–Kier alpha value is -2.75. The van der Waals surface area contributed by atoms with Crippen LogP contribution in [0.1, 0.15) is 24.8 Å². The Morgan fingerprint density at radius 2 is 1.83 bits per heavy atom. The van der Waals surface area contributed by atoms with Gasteiger partial charge in [0, 0.05) is 17.1 Å². The number of nitrogens with zero attached hydrogens (tertiary/aromatic N) is 3. The summed E-state index contributed by atoms with van der Waals surface area (Å²) < 4.78 is 0. The second kappa shape index (κ2) is 4.38. The van der Waals surface area contributed by atoms with E-state index in [9.17, 15) is 4.79 Å². The molecule has 1 aromatic carbocycles. The first-order valence-electron chi connectivity index (χ1n) is 7.95. The Kier molecular flexibility index (Phi) is 2.43. The quantitative estimate of drug-likeness (QED) is 0.688. The molecule has 112 valence electrons. The van der Waals surface area contributed by atoms with E-state index >= 15 is 0 Å². The molecule has 0 saturated heterocycles. The molecule has 3 heterocycles. The van der Waals surface area contributed by atoms with Gasteiger partial charge in [-0.05, 0) is 31.0 Å². The molecule has 0 radical (unpaired) electrons. The minimum absolute atomic E-state index is 0.149. The van der Waals surface area contributed by atoms with E-state index in [0.717, 1.165) is 41.4 Å². The van der Waals surface area contributed by atoms with Crippen LogP contribution in [0.2, 0.25) is 0 Å². The number of rotatable bonds is 1. The maximum Gasteiger partial charge on any atom is 0.243 e. The van der Waals surface area contributed by atoms with Crippen molar-refractivity contribution in [1.29, 1.82) is 0 Å². The van der Waals surface area contributed by atoms with Gasteiger partial charge in [0.2, 0.25) is 5.91 Å². The van der Waals surface area contributed by atoms with Crippen molar-refractivity contribution in [2.45, 2.75) is 24.7 Å². The lowest BCUT2D eigenvalue weighted by molar-refractivity contribution is -0.125. The largest absolute Gasteiger partial charge is 0.273 e. The van der Waals surface area contributed by atoms with E-state index in [2.05, 4.69) is 16.0 Å². The van der Waals surface area contributed by atoms with Gasteiger partial charge in [0.15, 0.2) is 0 Å². The van der Waals surface area contributed by atoms with Gasteiger partial charge in [0.1, 0.15) is 5.82 Å². The maximum atomic E-state index is 13.3. The van der Waals surface area contributed by atoms with E-state index in [-0.39, 0.29) is 11.3 Å². The molecule has 5 rings (SSSR count). The first-order chi connectivity index (χ1) is 11.3. The summed E-state index contributed by atoms with van der Waals surface area (Å²) in [5.41, 5.74) is 2.61. The van der Waals surface area contributed by atoms with Gasteiger partial charge < -0.3 is 0 Å². The average Bonchev–Trinajstić information content (AvgIpc) is 2.84. The number of hydrogen-bond donors (Lipinski definition) is 0. The molecule has 23 heavy (non-hydrogen) atoms. The smallest absolute Gasteiger partial charge is 0.243 e. The van der Waals surface area contributed by atoms with Crippen molar-refractivity contribution in [2.75, 3.05) is 4.90 Å². The van der Waals surface area contributed by atoms with Gasteiger partial charge in [-0.15, -0.1) is 0 Å². The number of carbonyl (C=O) groups excluding carboxylic acids is 1. The van der Waals surface area contributed by atoms with Gasteiger partial charge in [-0.2, -0.15) is 0 Å². The van der Waals surface area contributed by atoms with Gasteiger partial charge in [-0.25, -0.2) is 4.98 Å². The first kappa shape index (κ1) is 12.8. The Morgan fingerprint density at radius 3 is 2.57 bits per heavy atom. The van der Waals surface area contributed by atoms with Crippen molar-refractivity contribution in [3.8, 4) is 0 Å². The molecule has 1 aliphatic heterocycles. The van der Waals surface area contributed by atoms with E-state index in [4.69, 9.17) is 0 Å². The number of pyridine rings is 2. The zero-order valence-electron chi connectivity index (χ0n) is 12.6. The molecule has 0 bridgehead atoms. The molecule has 1 saturated carbocycles. The van der Waals surface area contributed by atoms with Crippen molar-refractivity contribution in [1.82, 2.24) is 9.97 Å². The van der Waals surface area contributed by atoms with Gasteiger partial charge in [0.05, 0.1) is 22.8 Å². The fourth-order valence-corrected chi connectivity index (χ4v) is 3.94. The minimum atomic E-state index is -0.380. The second-order valence-electron chi connectivity index (χ2n) is 6.30. The topological polar surface area (TPSA) is 46.1 Å². The number of amides is 1. The molecule has 1 spiro atoms. The van der Waals surface area contributed by atoms with Gasteiger partial charge in [-0.1, -0.05) is 30.7 Å². The average molecular weight is 301 g/mol.